The molecule has 1 aromatic carbocycles. The lowest BCUT2D eigenvalue weighted by atomic mass is 9.95. The van der Waals surface area contributed by atoms with Crippen LogP contribution in [0.15, 0.2) is 30.3 Å². The molecule has 0 saturated carbocycles. The van der Waals surface area contributed by atoms with Crippen molar-refractivity contribution in [2.24, 2.45) is 5.41 Å². The van der Waals surface area contributed by atoms with E-state index in [0.29, 0.717) is 0 Å². The van der Waals surface area contributed by atoms with Crippen LogP contribution in [0.1, 0.15) is 52.1 Å². The Morgan fingerprint density at radius 1 is 1.23 bits per heavy atom. The van der Waals surface area contributed by atoms with Crippen LogP contribution in [0.3, 0.4) is 0 Å². The summed E-state index contributed by atoms with van der Waals surface area (Å²) in [7, 11) is 0. The normalized spacial score (nSPS) is 19.8. The topological polar surface area (TPSA) is 49.4 Å². The van der Waals surface area contributed by atoms with E-state index < -0.39 is 11.5 Å². The molecule has 120 valence electrons. The number of hydrogen-bond donors (Lipinski definition) is 1. The molecular weight excluding hydrogens is 276 g/mol. The van der Waals surface area contributed by atoms with E-state index >= 15 is 0 Å². The average Bonchev–Trinajstić information content (AvgIpc) is 2.95. The highest BCUT2D eigenvalue weighted by molar-refractivity contribution is 5.89. The maximum atomic E-state index is 12.7. The van der Waals surface area contributed by atoms with Crippen molar-refractivity contribution >= 4 is 11.8 Å². The van der Waals surface area contributed by atoms with Crippen molar-refractivity contribution in [1.82, 2.24) is 10.2 Å². The van der Waals surface area contributed by atoms with Gasteiger partial charge in [0, 0.05) is 12.0 Å². The summed E-state index contributed by atoms with van der Waals surface area (Å²) in [6.07, 6.45) is 1.99. The van der Waals surface area contributed by atoms with Crippen molar-refractivity contribution in [3.63, 3.8) is 0 Å². The van der Waals surface area contributed by atoms with E-state index in [-0.39, 0.29) is 17.9 Å². The molecule has 0 aliphatic carbocycles. The lowest BCUT2D eigenvalue weighted by Gasteiger charge is -2.29. The highest BCUT2D eigenvalue weighted by Gasteiger charge is 2.34. The summed E-state index contributed by atoms with van der Waals surface area (Å²) in [6.45, 7) is 8.08. The first-order valence-electron chi connectivity index (χ1n) is 7.97. The first kappa shape index (κ1) is 16.5. The van der Waals surface area contributed by atoms with E-state index in [1.165, 1.54) is 5.56 Å². The fourth-order valence-electron chi connectivity index (χ4n) is 2.78. The predicted molar refractivity (Wildman–Crippen MR) is 87.2 cm³/mol. The molecule has 0 bridgehead atoms. The lowest BCUT2D eigenvalue weighted by Crippen LogP contribution is -2.49. The van der Waals surface area contributed by atoms with Crippen LogP contribution in [-0.4, -0.2) is 29.3 Å². The van der Waals surface area contributed by atoms with Crippen LogP contribution in [0.2, 0.25) is 0 Å². The number of carbonyl (C=O) groups excluding carboxylic acids is 2. The van der Waals surface area contributed by atoms with Gasteiger partial charge in [-0.1, -0.05) is 51.1 Å². The highest BCUT2D eigenvalue weighted by atomic mass is 16.2. The van der Waals surface area contributed by atoms with Gasteiger partial charge in [-0.3, -0.25) is 9.59 Å². The zero-order chi connectivity index (χ0) is 16.3. The fraction of sp³-hybridized carbons (Fsp3) is 0.556. The Morgan fingerprint density at radius 2 is 1.86 bits per heavy atom. The summed E-state index contributed by atoms with van der Waals surface area (Å²) in [5.41, 5.74) is 0.681. The molecule has 1 N–H and O–H groups in total. The quantitative estimate of drug-likeness (QED) is 0.933. The van der Waals surface area contributed by atoms with Gasteiger partial charge in [0.25, 0.3) is 0 Å². The van der Waals surface area contributed by atoms with Gasteiger partial charge >= 0.3 is 0 Å². The molecular formula is C18H26N2O2. The SMILES string of the molecule is CC(NC(=O)C(C)(C)C)C(=O)N1CCCC1c1ccccc1. The predicted octanol–water partition coefficient (Wildman–Crippen LogP) is 2.90. The Labute approximate surface area is 132 Å². The van der Waals surface area contributed by atoms with Crippen LogP contribution in [0, 0.1) is 5.41 Å². The van der Waals surface area contributed by atoms with Gasteiger partial charge in [0.1, 0.15) is 6.04 Å². The van der Waals surface area contributed by atoms with Crippen molar-refractivity contribution in [3.8, 4) is 0 Å². The second-order valence-electron chi connectivity index (χ2n) is 7.05. The van der Waals surface area contributed by atoms with Crippen LogP contribution in [0.4, 0.5) is 0 Å². The van der Waals surface area contributed by atoms with Crippen LogP contribution < -0.4 is 5.32 Å². The number of nitrogens with zero attached hydrogens (tertiary/aromatic N) is 1. The van der Waals surface area contributed by atoms with E-state index in [1.807, 2.05) is 43.9 Å². The van der Waals surface area contributed by atoms with Crippen molar-refractivity contribution in [2.45, 2.75) is 52.6 Å². The maximum absolute atomic E-state index is 12.7. The van der Waals surface area contributed by atoms with Gasteiger partial charge in [0.15, 0.2) is 0 Å². The minimum atomic E-state index is -0.490. The molecule has 0 aromatic heterocycles. The summed E-state index contributed by atoms with van der Waals surface area (Å²) < 4.78 is 0. The number of rotatable bonds is 3. The number of benzene rings is 1. The molecule has 2 rings (SSSR count). The molecule has 4 nitrogen and oxygen atoms in total. The first-order valence-corrected chi connectivity index (χ1v) is 7.97. The van der Waals surface area contributed by atoms with Gasteiger partial charge < -0.3 is 10.2 Å². The van der Waals surface area contributed by atoms with Gasteiger partial charge in [-0.25, -0.2) is 0 Å². The smallest absolute Gasteiger partial charge is 0.245 e. The Kier molecular flexibility index (Phi) is 4.89. The Balaban J connectivity index is 2.06. The Bertz CT molecular complexity index is 534. The van der Waals surface area contributed by atoms with E-state index in [2.05, 4.69) is 17.4 Å². The second-order valence-corrected chi connectivity index (χ2v) is 7.05. The molecule has 2 amide bonds. The Hall–Kier alpha value is -1.84. The standard InChI is InChI=1S/C18H26N2O2/c1-13(19-17(22)18(2,3)4)16(21)20-12-8-11-15(20)14-9-6-5-7-10-14/h5-7,9-10,13,15H,8,11-12H2,1-4H3,(H,19,22). The number of carbonyl (C=O) groups is 2. The summed E-state index contributed by atoms with van der Waals surface area (Å²) in [5, 5.41) is 2.84. The zero-order valence-electron chi connectivity index (χ0n) is 13.9. The zero-order valence-corrected chi connectivity index (χ0v) is 13.9. The van der Waals surface area contributed by atoms with E-state index in [4.69, 9.17) is 0 Å². The molecule has 1 aliphatic rings. The molecule has 4 heteroatoms. The largest absolute Gasteiger partial charge is 0.344 e. The first-order chi connectivity index (χ1) is 10.3. The monoisotopic (exact) mass is 302 g/mol. The molecule has 1 aromatic rings. The molecule has 0 spiro atoms. The third-order valence-corrected chi connectivity index (χ3v) is 4.12. The third kappa shape index (κ3) is 3.67. The van der Waals surface area contributed by atoms with Crippen molar-refractivity contribution in [1.29, 1.82) is 0 Å². The second kappa shape index (κ2) is 6.51. The van der Waals surface area contributed by atoms with Crippen LogP contribution in [0.25, 0.3) is 0 Å². The number of hydrogen-bond acceptors (Lipinski definition) is 2. The molecule has 1 fully saturated rings. The summed E-state index contributed by atoms with van der Waals surface area (Å²) in [4.78, 5) is 26.7. The molecule has 2 unspecified atom stereocenters. The lowest BCUT2D eigenvalue weighted by molar-refractivity contribution is -0.138. The van der Waals surface area contributed by atoms with Gasteiger partial charge in [0.2, 0.25) is 11.8 Å². The van der Waals surface area contributed by atoms with Crippen molar-refractivity contribution in [2.75, 3.05) is 6.54 Å². The van der Waals surface area contributed by atoms with Crippen LogP contribution in [0.5, 0.6) is 0 Å². The Morgan fingerprint density at radius 3 is 2.45 bits per heavy atom. The third-order valence-electron chi connectivity index (χ3n) is 4.12. The minimum Gasteiger partial charge on any atom is -0.344 e. The fourth-order valence-corrected chi connectivity index (χ4v) is 2.78. The molecule has 1 aliphatic heterocycles. The molecule has 1 heterocycles. The molecule has 1 saturated heterocycles. The maximum Gasteiger partial charge on any atom is 0.245 e. The summed E-state index contributed by atoms with van der Waals surface area (Å²) in [5.74, 6) is -0.0900. The van der Waals surface area contributed by atoms with Crippen LogP contribution >= 0.6 is 0 Å². The number of amides is 2. The van der Waals surface area contributed by atoms with E-state index in [9.17, 15) is 9.59 Å². The van der Waals surface area contributed by atoms with Gasteiger partial charge in [-0.15, -0.1) is 0 Å². The van der Waals surface area contributed by atoms with Crippen molar-refractivity contribution in [3.05, 3.63) is 35.9 Å². The van der Waals surface area contributed by atoms with Gasteiger partial charge in [0.05, 0.1) is 6.04 Å². The molecule has 2 atom stereocenters. The number of nitrogens with one attached hydrogen (secondary N) is 1. The minimum absolute atomic E-state index is 0.00366. The number of likely N-dealkylation sites (tertiary alicyclic amines) is 1. The van der Waals surface area contributed by atoms with Crippen molar-refractivity contribution < 1.29 is 9.59 Å². The summed E-state index contributed by atoms with van der Waals surface area (Å²) in [6, 6.07) is 9.75. The average molecular weight is 302 g/mol. The van der Waals surface area contributed by atoms with Gasteiger partial charge in [-0.05, 0) is 25.3 Å². The summed E-state index contributed by atoms with van der Waals surface area (Å²) >= 11 is 0. The van der Waals surface area contributed by atoms with Crippen LogP contribution in [-0.2, 0) is 9.59 Å². The van der Waals surface area contributed by atoms with E-state index in [1.54, 1.807) is 6.92 Å². The highest BCUT2D eigenvalue weighted by Crippen LogP contribution is 2.32. The molecule has 0 radical (unpaired) electrons. The van der Waals surface area contributed by atoms with E-state index in [0.717, 1.165) is 19.4 Å². The van der Waals surface area contributed by atoms with Gasteiger partial charge in [-0.2, -0.15) is 0 Å². The molecule has 22 heavy (non-hydrogen) atoms.